The van der Waals surface area contributed by atoms with Gasteiger partial charge in [0.15, 0.2) is 0 Å². The molecule has 0 saturated heterocycles. The molecule has 0 aromatic carbocycles. The average molecular weight is 119 g/mol. The first kappa shape index (κ1) is 7.58. The van der Waals surface area contributed by atoms with Crippen LogP contribution >= 0.6 is 0 Å². The minimum absolute atomic E-state index is 0.142. The molecule has 0 aliphatic carbocycles. The molecule has 0 fully saturated rings. The van der Waals surface area contributed by atoms with E-state index in [4.69, 9.17) is 15.3 Å². The van der Waals surface area contributed by atoms with Gasteiger partial charge in [0.2, 0.25) is 0 Å². The van der Waals surface area contributed by atoms with Crippen molar-refractivity contribution in [3.05, 3.63) is 12.7 Å². The lowest BCUT2D eigenvalue weighted by atomic mass is 10.6. The first-order valence-electron chi connectivity index (χ1n) is 2.09. The first-order chi connectivity index (χ1) is 3.56. The monoisotopic (exact) mass is 119 g/mol. The number of hydrogen-bond donors (Lipinski definition) is 4. The zero-order valence-corrected chi connectivity index (χ0v) is 4.33. The number of nitrogens with one attached hydrogen (secondary N) is 1. The molecule has 4 heteroatoms. The number of hydrogen-bond acceptors (Lipinski definition) is 4. The van der Waals surface area contributed by atoms with E-state index in [2.05, 4.69) is 6.58 Å². The van der Waals surface area contributed by atoms with E-state index in [0.717, 1.165) is 0 Å². The van der Waals surface area contributed by atoms with Gasteiger partial charge in [0, 0.05) is 6.54 Å². The molecule has 0 aromatic rings. The first-order valence-corrected chi connectivity index (χ1v) is 2.09. The fourth-order valence-electron chi connectivity index (χ4n) is 0.209. The lowest BCUT2D eigenvalue weighted by Crippen LogP contribution is -2.44. The van der Waals surface area contributed by atoms with Crippen molar-refractivity contribution in [2.24, 2.45) is 0 Å². The smallest absolute Gasteiger partial charge is 0.330 e. The maximum absolute atomic E-state index is 8.10. The van der Waals surface area contributed by atoms with Crippen molar-refractivity contribution in [1.29, 1.82) is 0 Å². The molecule has 0 heterocycles. The van der Waals surface area contributed by atoms with Crippen molar-refractivity contribution in [2.45, 2.75) is 6.10 Å². The Labute approximate surface area is 47.1 Å². The minimum atomic E-state index is -2.77. The Hall–Kier alpha value is -0.420. The number of aliphatic hydroxyl groups is 3. The third kappa shape index (κ3) is 5.58. The summed E-state index contributed by atoms with van der Waals surface area (Å²) in [7, 11) is 0. The second kappa shape index (κ2) is 2.78. The van der Waals surface area contributed by atoms with Crippen molar-refractivity contribution in [1.82, 2.24) is 5.32 Å². The van der Waals surface area contributed by atoms with Crippen molar-refractivity contribution in [3.8, 4) is 0 Å². The third-order valence-electron chi connectivity index (χ3n) is 0.484. The summed E-state index contributed by atoms with van der Waals surface area (Å²) >= 11 is 0. The molecule has 4 nitrogen and oxygen atoms in total. The standard InChI is InChI=1S/C4H9NO3/c1-2-3-5-4(6,7)8/h2,5-8H,1,3H2. The molecule has 0 saturated carbocycles. The summed E-state index contributed by atoms with van der Waals surface area (Å²) in [5, 5.41) is 26.2. The topological polar surface area (TPSA) is 72.7 Å². The SMILES string of the molecule is C=CCNC(O)(O)O. The van der Waals surface area contributed by atoms with Gasteiger partial charge in [-0.25, -0.2) is 5.32 Å². The van der Waals surface area contributed by atoms with Crippen LogP contribution in [0.1, 0.15) is 0 Å². The van der Waals surface area contributed by atoms with E-state index in [-0.39, 0.29) is 6.54 Å². The van der Waals surface area contributed by atoms with Crippen molar-refractivity contribution in [2.75, 3.05) is 6.54 Å². The van der Waals surface area contributed by atoms with Gasteiger partial charge in [-0.15, -0.1) is 6.58 Å². The van der Waals surface area contributed by atoms with Crippen molar-refractivity contribution >= 4 is 0 Å². The van der Waals surface area contributed by atoms with Crippen LogP contribution in [0.25, 0.3) is 0 Å². The van der Waals surface area contributed by atoms with E-state index < -0.39 is 6.10 Å². The number of rotatable bonds is 3. The van der Waals surface area contributed by atoms with Gasteiger partial charge in [0.1, 0.15) is 0 Å². The second-order valence-corrected chi connectivity index (χ2v) is 1.30. The molecule has 0 spiro atoms. The molecule has 0 radical (unpaired) electrons. The Kier molecular flexibility index (Phi) is 2.64. The Bertz CT molecular complexity index is 75.8. The van der Waals surface area contributed by atoms with Crippen LogP contribution in [-0.4, -0.2) is 28.0 Å². The summed E-state index contributed by atoms with van der Waals surface area (Å²) in [5.74, 6) is 0. The van der Waals surface area contributed by atoms with Crippen LogP contribution in [0.4, 0.5) is 0 Å². The molecule has 0 amide bonds. The van der Waals surface area contributed by atoms with E-state index in [9.17, 15) is 0 Å². The molecule has 0 rings (SSSR count). The van der Waals surface area contributed by atoms with Crippen LogP contribution in [0, 0.1) is 0 Å². The van der Waals surface area contributed by atoms with Crippen LogP contribution in [0.15, 0.2) is 12.7 Å². The highest BCUT2D eigenvalue weighted by atomic mass is 16.7. The maximum Gasteiger partial charge on any atom is 0.343 e. The highest BCUT2D eigenvalue weighted by Gasteiger charge is 2.14. The third-order valence-corrected chi connectivity index (χ3v) is 0.484. The Morgan fingerprint density at radius 3 is 2.12 bits per heavy atom. The van der Waals surface area contributed by atoms with Gasteiger partial charge in [-0.1, -0.05) is 6.08 Å². The lowest BCUT2D eigenvalue weighted by molar-refractivity contribution is -0.329. The second-order valence-electron chi connectivity index (χ2n) is 1.30. The molecule has 0 aliphatic rings. The lowest BCUT2D eigenvalue weighted by Gasteiger charge is -2.12. The Morgan fingerprint density at radius 2 is 2.00 bits per heavy atom. The molecular formula is C4H9NO3. The van der Waals surface area contributed by atoms with Crippen LogP contribution in [0.5, 0.6) is 0 Å². The molecule has 0 aliphatic heterocycles. The zero-order valence-electron chi connectivity index (χ0n) is 4.33. The van der Waals surface area contributed by atoms with Crippen LogP contribution in [-0.2, 0) is 0 Å². The largest absolute Gasteiger partial charge is 0.343 e. The average Bonchev–Trinajstić information content (AvgIpc) is 1.59. The highest BCUT2D eigenvalue weighted by molar-refractivity contribution is 4.69. The van der Waals surface area contributed by atoms with E-state index in [1.165, 1.54) is 6.08 Å². The van der Waals surface area contributed by atoms with E-state index in [0.29, 0.717) is 0 Å². The van der Waals surface area contributed by atoms with Crippen LogP contribution < -0.4 is 5.32 Å². The fourth-order valence-corrected chi connectivity index (χ4v) is 0.209. The minimum Gasteiger partial charge on any atom is -0.330 e. The molecule has 0 aromatic heterocycles. The molecule has 0 unspecified atom stereocenters. The summed E-state index contributed by atoms with van der Waals surface area (Å²) in [5.41, 5.74) is 0. The van der Waals surface area contributed by atoms with Gasteiger partial charge in [0.25, 0.3) is 0 Å². The quantitative estimate of drug-likeness (QED) is 0.265. The van der Waals surface area contributed by atoms with E-state index >= 15 is 0 Å². The highest BCUT2D eigenvalue weighted by Crippen LogP contribution is 1.81. The zero-order chi connectivity index (χ0) is 6.62. The van der Waals surface area contributed by atoms with Gasteiger partial charge in [-0.2, -0.15) is 0 Å². The van der Waals surface area contributed by atoms with E-state index in [1.807, 2.05) is 5.32 Å². The Morgan fingerprint density at radius 1 is 1.50 bits per heavy atom. The van der Waals surface area contributed by atoms with Crippen molar-refractivity contribution < 1.29 is 15.3 Å². The van der Waals surface area contributed by atoms with Crippen LogP contribution in [0.3, 0.4) is 0 Å². The van der Waals surface area contributed by atoms with Gasteiger partial charge in [-0.3, -0.25) is 0 Å². The molecular weight excluding hydrogens is 110 g/mol. The van der Waals surface area contributed by atoms with Crippen molar-refractivity contribution in [3.63, 3.8) is 0 Å². The molecule has 0 bridgehead atoms. The molecule has 0 atom stereocenters. The van der Waals surface area contributed by atoms with Gasteiger partial charge in [-0.05, 0) is 0 Å². The van der Waals surface area contributed by atoms with Gasteiger partial charge >= 0.3 is 6.10 Å². The Balaban J connectivity index is 3.24. The van der Waals surface area contributed by atoms with Gasteiger partial charge in [0.05, 0.1) is 0 Å². The molecule has 8 heavy (non-hydrogen) atoms. The summed E-state index contributed by atoms with van der Waals surface area (Å²) < 4.78 is 0. The van der Waals surface area contributed by atoms with Crippen LogP contribution in [0.2, 0.25) is 0 Å². The predicted molar refractivity (Wildman–Crippen MR) is 27.6 cm³/mol. The summed E-state index contributed by atoms with van der Waals surface area (Å²) in [6, 6.07) is 0. The predicted octanol–water partition coefficient (Wildman–Crippen LogP) is -1.65. The van der Waals surface area contributed by atoms with E-state index in [1.54, 1.807) is 0 Å². The van der Waals surface area contributed by atoms with Gasteiger partial charge < -0.3 is 15.3 Å². The summed E-state index contributed by atoms with van der Waals surface area (Å²) in [6.07, 6.45) is -1.38. The maximum atomic E-state index is 8.10. The molecule has 48 valence electrons. The fraction of sp³-hybridized carbons (Fsp3) is 0.500. The summed E-state index contributed by atoms with van der Waals surface area (Å²) in [4.78, 5) is 0. The normalized spacial score (nSPS) is 11.4. The molecule has 4 N–H and O–H groups in total. The summed E-state index contributed by atoms with van der Waals surface area (Å²) in [6.45, 7) is 3.41.